The molecule has 7 nitrogen and oxygen atoms in total. The fraction of sp³-hybridized carbons (Fsp3) is 0.310. The van der Waals surface area contributed by atoms with Crippen molar-refractivity contribution in [2.75, 3.05) is 23.7 Å². The number of carbonyl (C=O) groups excluding carboxylic acids is 2. The largest absolute Gasteiger partial charge is 0.354 e. The first-order valence-electron chi connectivity index (χ1n) is 12.6. The minimum absolute atomic E-state index is 0.0149. The summed E-state index contributed by atoms with van der Waals surface area (Å²) in [6.07, 6.45) is 1.20. The number of nitrogens with one attached hydrogen (secondary N) is 1. The lowest BCUT2D eigenvalue weighted by atomic mass is 10.0. The van der Waals surface area contributed by atoms with Gasteiger partial charge in [-0.15, -0.1) is 0 Å². The van der Waals surface area contributed by atoms with Gasteiger partial charge in [-0.2, -0.15) is 0 Å². The van der Waals surface area contributed by atoms with E-state index in [0.717, 1.165) is 16.1 Å². The number of hydrogen-bond acceptors (Lipinski definition) is 4. The summed E-state index contributed by atoms with van der Waals surface area (Å²) >= 11 is 18.7. The molecule has 3 aromatic rings. The molecule has 3 rings (SSSR count). The Morgan fingerprint density at radius 2 is 1.50 bits per heavy atom. The van der Waals surface area contributed by atoms with Gasteiger partial charge in [-0.05, 0) is 41.3 Å². The first-order chi connectivity index (χ1) is 18.8. The Morgan fingerprint density at radius 1 is 0.900 bits per heavy atom. The van der Waals surface area contributed by atoms with Crippen LogP contribution in [0.1, 0.15) is 25.0 Å². The molecule has 0 radical (unpaired) electrons. The van der Waals surface area contributed by atoms with Gasteiger partial charge in [-0.1, -0.05) is 97.2 Å². The van der Waals surface area contributed by atoms with Gasteiger partial charge >= 0.3 is 0 Å². The Hall–Kier alpha value is -2.78. The van der Waals surface area contributed by atoms with Crippen molar-refractivity contribution in [2.45, 2.75) is 32.9 Å². The standard InChI is InChI=1S/C29H32Cl3N3O4S/c1-20(2)17-33-29(37)27(13-21-9-5-4-6-10-21)34(18-22-11-7-8-12-26(22)32)28(36)19-35(40(3,38)39)25-15-23(30)14-24(31)16-25/h4-12,14-16,20,27H,13,17-19H2,1-3H3,(H,33,37). The molecule has 3 aromatic carbocycles. The number of carbonyl (C=O) groups is 2. The number of hydrogen-bond donors (Lipinski definition) is 1. The van der Waals surface area contributed by atoms with Gasteiger partial charge in [0.2, 0.25) is 21.8 Å². The van der Waals surface area contributed by atoms with E-state index in [1.165, 1.54) is 23.1 Å². The maximum absolute atomic E-state index is 14.1. The first-order valence-corrected chi connectivity index (χ1v) is 15.6. The van der Waals surface area contributed by atoms with Gasteiger partial charge in [0.15, 0.2) is 0 Å². The highest BCUT2D eigenvalue weighted by Crippen LogP contribution is 2.28. The second-order valence-corrected chi connectivity index (χ2v) is 13.0. The van der Waals surface area contributed by atoms with Gasteiger partial charge in [-0.3, -0.25) is 13.9 Å². The number of benzene rings is 3. The van der Waals surface area contributed by atoms with Crippen molar-refractivity contribution in [2.24, 2.45) is 5.92 Å². The average molecular weight is 625 g/mol. The Labute approximate surface area is 251 Å². The van der Waals surface area contributed by atoms with Crippen LogP contribution < -0.4 is 9.62 Å². The maximum atomic E-state index is 14.1. The molecule has 0 aliphatic heterocycles. The van der Waals surface area contributed by atoms with Crippen LogP contribution in [0.4, 0.5) is 5.69 Å². The number of nitrogens with zero attached hydrogens (tertiary/aromatic N) is 2. The third kappa shape index (κ3) is 9.13. The summed E-state index contributed by atoms with van der Waals surface area (Å²) < 4.78 is 26.7. The number of anilines is 1. The smallest absolute Gasteiger partial charge is 0.244 e. The zero-order valence-electron chi connectivity index (χ0n) is 22.5. The molecule has 214 valence electrons. The molecule has 40 heavy (non-hydrogen) atoms. The molecule has 0 aromatic heterocycles. The van der Waals surface area contributed by atoms with Gasteiger partial charge in [-0.25, -0.2) is 8.42 Å². The van der Waals surface area contributed by atoms with Gasteiger partial charge < -0.3 is 10.2 Å². The lowest BCUT2D eigenvalue weighted by Gasteiger charge is -2.34. The summed E-state index contributed by atoms with van der Waals surface area (Å²) in [5.41, 5.74) is 1.59. The van der Waals surface area contributed by atoms with Crippen molar-refractivity contribution < 1.29 is 18.0 Å². The number of rotatable bonds is 12. The van der Waals surface area contributed by atoms with E-state index >= 15 is 0 Å². The van der Waals surface area contributed by atoms with Crippen molar-refractivity contribution >= 4 is 62.3 Å². The zero-order valence-corrected chi connectivity index (χ0v) is 25.6. The quantitative estimate of drug-likeness (QED) is 0.275. The van der Waals surface area contributed by atoms with Crippen molar-refractivity contribution in [3.05, 3.63) is 99.0 Å². The average Bonchev–Trinajstić information content (AvgIpc) is 2.88. The van der Waals surface area contributed by atoms with Crippen LogP contribution in [0, 0.1) is 5.92 Å². The maximum Gasteiger partial charge on any atom is 0.244 e. The van der Waals surface area contributed by atoms with Crippen LogP contribution in [0.3, 0.4) is 0 Å². The van der Waals surface area contributed by atoms with Crippen LogP contribution >= 0.6 is 34.8 Å². The molecule has 0 aliphatic carbocycles. The van der Waals surface area contributed by atoms with Crippen molar-refractivity contribution in [3.8, 4) is 0 Å². The molecular formula is C29H32Cl3N3O4S. The summed E-state index contributed by atoms with van der Waals surface area (Å²) in [4.78, 5) is 29.1. The predicted octanol–water partition coefficient (Wildman–Crippen LogP) is 5.83. The van der Waals surface area contributed by atoms with Gasteiger partial charge in [0.1, 0.15) is 12.6 Å². The van der Waals surface area contributed by atoms with Gasteiger partial charge in [0.05, 0.1) is 11.9 Å². The number of sulfonamides is 1. The number of halogens is 3. The van der Waals surface area contributed by atoms with Gasteiger partial charge in [0.25, 0.3) is 0 Å². The summed E-state index contributed by atoms with van der Waals surface area (Å²) in [5.74, 6) is -0.765. The molecule has 0 heterocycles. The molecule has 1 atom stereocenters. The molecule has 0 aliphatic rings. The van der Waals surface area contributed by atoms with E-state index in [1.807, 2.05) is 44.2 Å². The summed E-state index contributed by atoms with van der Waals surface area (Å²) in [7, 11) is -3.95. The van der Waals surface area contributed by atoms with E-state index in [0.29, 0.717) is 17.1 Å². The molecule has 0 bridgehead atoms. The van der Waals surface area contributed by atoms with Crippen LogP contribution in [-0.4, -0.2) is 50.5 Å². The molecule has 11 heteroatoms. The van der Waals surface area contributed by atoms with E-state index in [1.54, 1.807) is 24.3 Å². The second-order valence-electron chi connectivity index (χ2n) is 9.85. The van der Waals surface area contributed by atoms with E-state index in [9.17, 15) is 18.0 Å². The fourth-order valence-corrected chi connectivity index (χ4v) is 5.63. The minimum atomic E-state index is -3.95. The molecule has 2 amide bonds. The molecule has 1 unspecified atom stereocenters. The molecule has 0 spiro atoms. The lowest BCUT2D eigenvalue weighted by molar-refractivity contribution is -0.140. The van der Waals surface area contributed by atoms with Crippen LogP contribution in [0.5, 0.6) is 0 Å². The lowest BCUT2D eigenvalue weighted by Crippen LogP contribution is -2.53. The summed E-state index contributed by atoms with van der Waals surface area (Å²) in [5, 5.41) is 3.78. The SMILES string of the molecule is CC(C)CNC(=O)C(Cc1ccccc1)N(Cc1ccccc1Cl)C(=O)CN(c1cc(Cl)cc(Cl)c1)S(C)(=O)=O. The Morgan fingerprint density at radius 3 is 2.08 bits per heavy atom. The van der Waals surface area contributed by atoms with Crippen LogP contribution in [0.2, 0.25) is 15.1 Å². The van der Waals surface area contributed by atoms with E-state index in [4.69, 9.17) is 34.8 Å². The Bertz CT molecular complexity index is 1420. The molecule has 0 saturated carbocycles. The first kappa shape index (κ1) is 31.7. The molecular weight excluding hydrogens is 593 g/mol. The normalized spacial score (nSPS) is 12.2. The molecule has 0 saturated heterocycles. The minimum Gasteiger partial charge on any atom is -0.354 e. The van der Waals surface area contributed by atoms with Crippen molar-refractivity contribution in [1.82, 2.24) is 10.2 Å². The fourth-order valence-electron chi connectivity index (χ4n) is 4.08. The molecule has 1 N–H and O–H groups in total. The van der Waals surface area contributed by atoms with Crippen LogP contribution in [0.25, 0.3) is 0 Å². The monoisotopic (exact) mass is 623 g/mol. The third-order valence-electron chi connectivity index (χ3n) is 6.07. The van der Waals surface area contributed by atoms with Gasteiger partial charge in [0, 0.05) is 34.6 Å². The topological polar surface area (TPSA) is 86.8 Å². The predicted molar refractivity (Wildman–Crippen MR) is 162 cm³/mol. The van der Waals surface area contributed by atoms with Crippen LogP contribution in [0.15, 0.2) is 72.8 Å². The Balaban J connectivity index is 2.07. The highest BCUT2D eigenvalue weighted by molar-refractivity contribution is 7.92. The Kier molecular flexibility index (Phi) is 11.3. The van der Waals surface area contributed by atoms with Crippen LogP contribution in [-0.2, 0) is 32.6 Å². The summed E-state index contributed by atoms with van der Waals surface area (Å²) in [6.45, 7) is 3.76. The zero-order chi connectivity index (χ0) is 29.4. The second kappa shape index (κ2) is 14.2. The summed E-state index contributed by atoms with van der Waals surface area (Å²) in [6, 6.07) is 19.7. The van der Waals surface area contributed by atoms with E-state index in [2.05, 4.69) is 5.32 Å². The van der Waals surface area contributed by atoms with E-state index in [-0.39, 0.29) is 40.5 Å². The van der Waals surface area contributed by atoms with Crippen molar-refractivity contribution in [3.63, 3.8) is 0 Å². The third-order valence-corrected chi connectivity index (χ3v) is 8.01. The molecule has 0 fully saturated rings. The number of amides is 2. The highest BCUT2D eigenvalue weighted by Gasteiger charge is 2.33. The van der Waals surface area contributed by atoms with Crippen molar-refractivity contribution in [1.29, 1.82) is 0 Å². The van der Waals surface area contributed by atoms with E-state index < -0.39 is 28.5 Å². The highest BCUT2D eigenvalue weighted by atomic mass is 35.5.